The molecule has 0 unspecified atom stereocenters. The molecule has 5 N–H and O–H groups in total. The molecule has 8 nitrogen and oxygen atoms in total. The number of halogens is 1. The van der Waals surface area contributed by atoms with Crippen LogP contribution in [-0.4, -0.2) is 37.3 Å². The van der Waals surface area contributed by atoms with Gasteiger partial charge in [-0.15, -0.1) is 0 Å². The number of nitrogens with two attached hydrogens (primary N) is 1. The summed E-state index contributed by atoms with van der Waals surface area (Å²) in [4.78, 5) is 13.7. The largest absolute Gasteiger partial charge is 0.397 e. The summed E-state index contributed by atoms with van der Waals surface area (Å²) in [5.41, 5.74) is 8.49. The van der Waals surface area contributed by atoms with Crippen LogP contribution in [0.3, 0.4) is 0 Å². The minimum Gasteiger partial charge on any atom is -0.397 e. The fourth-order valence-electron chi connectivity index (χ4n) is 2.79. The van der Waals surface area contributed by atoms with Gasteiger partial charge in [0.1, 0.15) is 0 Å². The van der Waals surface area contributed by atoms with Crippen molar-refractivity contribution in [3.05, 3.63) is 29.5 Å². The summed E-state index contributed by atoms with van der Waals surface area (Å²) in [6, 6.07) is 5.32. The lowest BCUT2D eigenvalue weighted by molar-refractivity contribution is 0.248. The fraction of sp³-hybridized carbons (Fsp3) is 0.421. The Bertz CT molecular complexity index is 970. The Morgan fingerprint density at radius 1 is 1.21 bits per heavy atom. The van der Waals surface area contributed by atoms with Gasteiger partial charge < -0.3 is 26.0 Å². The molecule has 0 aliphatic rings. The van der Waals surface area contributed by atoms with E-state index in [1.807, 2.05) is 24.5 Å². The van der Waals surface area contributed by atoms with Crippen molar-refractivity contribution >= 4 is 45.9 Å². The van der Waals surface area contributed by atoms with Gasteiger partial charge in [-0.2, -0.15) is 9.97 Å². The Balaban J connectivity index is 2.07. The second kappa shape index (κ2) is 8.20. The molecule has 0 amide bonds. The predicted molar refractivity (Wildman–Crippen MR) is 114 cm³/mol. The second-order valence-electron chi connectivity index (χ2n) is 7.35. The normalized spacial score (nSPS) is 12.7. The summed E-state index contributed by atoms with van der Waals surface area (Å²) in [6.45, 7) is 8.17. The molecule has 9 heteroatoms. The number of rotatable bonds is 7. The zero-order chi connectivity index (χ0) is 20.4. The van der Waals surface area contributed by atoms with Crippen molar-refractivity contribution in [1.29, 1.82) is 0 Å². The Morgan fingerprint density at radius 2 is 1.96 bits per heavy atom. The lowest BCUT2D eigenvalue weighted by Crippen LogP contribution is -2.30. The average molecular weight is 404 g/mol. The van der Waals surface area contributed by atoms with Crippen LogP contribution in [0.2, 0.25) is 5.02 Å². The first-order chi connectivity index (χ1) is 13.3. The van der Waals surface area contributed by atoms with E-state index in [0.717, 1.165) is 5.69 Å². The van der Waals surface area contributed by atoms with E-state index in [0.29, 0.717) is 33.6 Å². The van der Waals surface area contributed by atoms with Gasteiger partial charge in [-0.3, -0.25) is 0 Å². The maximum absolute atomic E-state index is 9.66. The quantitative estimate of drug-likeness (QED) is 0.443. The molecule has 0 radical (unpaired) electrons. The molecule has 0 bridgehead atoms. The smallest absolute Gasteiger partial charge is 0.227 e. The Kier molecular flexibility index (Phi) is 5.90. The highest BCUT2D eigenvalue weighted by Gasteiger charge is 2.18. The van der Waals surface area contributed by atoms with Crippen LogP contribution < -0.4 is 16.4 Å². The van der Waals surface area contributed by atoms with Crippen molar-refractivity contribution < 1.29 is 5.11 Å². The van der Waals surface area contributed by atoms with Gasteiger partial charge in [-0.25, -0.2) is 4.98 Å². The standard InChI is InChI=1S/C19H26ClN7O/c1-10(2)15(8-28)24-19-25-17(23-12-5-6-13(20)14(21)7-12)16-18(26-19)27(9-22-16)11(3)4/h5-7,9-11,15,28H,8,21H2,1-4H3,(H2,23,24,25,26)/t15-/m0/s1. The minimum atomic E-state index is -0.160. The molecule has 0 saturated heterocycles. The van der Waals surface area contributed by atoms with E-state index in [1.54, 1.807) is 18.5 Å². The molecule has 2 aromatic heterocycles. The maximum Gasteiger partial charge on any atom is 0.227 e. The third-order valence-electron chi connectivity index (χ3n) is 4.55. The number of aliphatic hydroxyl groups is 1. The van der Waals surface area contributed by atoms with Crippen LogP contribution in [0.1, 0.15) is 33.7 Å². The molecular formula is C19H26ClN7O. The van der Waals surface area contributed by atoms with Gasteiger partial charge in [0.15, 0.2) is 17.0 Å². The highest BCUT2D eigenvalue weighted by atomic mass is 35.5. The second-order valence-corrected chi connectivity index (χ2v) is 7.76. The van der Waals surface area contributed by atoms with Crippen LogP contribution in [0.15, 0.2) is 24.5 Å². The molecular weight excluding hydrogens is 378 g/mol. The molecule has 0 fully saturated rings. The Labute approximate surface area is 169 Å². The van der Waals surface area contributed by atoms with Crippen molar-refractivity contribution in [3.63, 3.8) is 0 Å². The zero-order valence-electron chi connectivity index (χ0n) is 16.4. The molecule has 0 spiro atoms. The summed E-state index contributed by atoms with van der Waals surface area (Å²) >= 11 is 6.02. The molecule has 3 rings (SSSR count). The molecule has 1 atom stereocenters. The molecule has 150 valence electrons. The van der Waals surface area contributed by atoms with E-state index < -0.39 is 0 Å². The zero-order valence-corrected chi connectivity index (χ0v) is 17.2. The topological polar surface area (TPSA) is 114 Å². The molecule has 0 aliphatic heterocycles. The monoisotopic (exact) mass is 403 g/mol. The molecule has 28 heavy (non-hydrogen) atoms. The Morgan fingerprint density at radius 3 is 2.57 bits per heavy atom. The SMILES string of the molecule is CC(C)[C@H](CO)Nc1nc(Nc2ccc(Cl)c(N)c2)c2ncn(C(C)C)c2n1. The van der Waals surface area contributed by atoms with Gasteiger partial charge >= 0.3 is 0 Å². The van der Waals surface area contributed by atoms with Crippen LogP contribution in [-0.2, 0) is 0 Å². The van der Waals surface area contributed by atoms with Gasteiger partial charge in [0.25, 0.3) is 0 Å². The first-order valence-electron chi connectivity index (χ1n) is 9.24. The number of fused-ring (bicyclic) bond motifs is 1. The van der Waals surface area contributed by atoms with Crippen LogP contribution in [0.5, 0.6) is 0 Å². The number of nitrogens with one attached hydrogen (secondary N) is 2. The lowest BCUT2D eigenvalue weighted by Gasteiger charge is -2.20. The third-order valence-corrected chi connectivity index (χ3v) is 4.90. The molecule has 0 saturated carbocycles. The average Bonchev–Trinajstić information content (AvgIpc) is 3.07. The van der Waals surface area contributed by atoms with Crippen LogP contribution >= 0.6 is 11.6 Å². The number of anilines is 4. The third kappa shape index (κ3) is 4.13. The summed E-state index contributed by atoms with van der Waals surface area (Å²) in [6.07, 6.45) is 1.75. The van der Waals surface area contributed by atoms with E-state index in [2.05, 4.69) is 39.4 Å². The summed E-state index contributed by atoms with van der Waals surface area (Å²) in [5, 5.41) is 16.6. The number of aliphatic hydroxyl groups excluding tert-OH is 1. The number of nitrogen functional groups attached to an aromatic ring is 1. The Hall–Kier alpha value is -2.58. The number of hydrogen-bond acceptors (Lipinski definition) is 7. The van der Waals surface area contributed by atoms with Crippen molar-refractivity contribution in [3.8, 4) is 0 Å². The van der Waals surface area contributed by atoms with E-state index >= 15 is 0 Å². The number of nitrogens with zero attached hydrogens (tertiary/aromatic N) is 4. The summed E-state index contributed by atoms with van der Waals surface area (Å²) < 4.78 is 1.98. The van der Waals surface area contributed by atoms with Gasteiger partial charge in [0, 0.05) is 11.7 Å². The van der Waals surface area contributed by atoms with Crippen molar-refractivity contribution in [2.75, 3.05) is 23.0 Å². The first kappa shape index (κ1) is 20.2. The first-order valence-corrected chi connectivity index (χ1v) is 9.62. The van der Waals surface area contributed by atoms with Crippen LogP contribution in [0.25, 0.3) is 11.2 Å². The lowest BCUT2D eigenvalue weighted by atomic mass is 10.1. The molecule has 2 heterocycles. The summed E-state index contributed by atoms with van der Waals surface area (Å²) in [7, 11) is 0. The minimum absolute atomic E-state index is 0.0149. The maximum atomic E-state index is 9.66. The summed E-state index contributed by atoms with van der Waals surface area (Å²) in [5.74, 6) is 1.19. The van der Waals surface area contributed by atoms with Crippen molar-refractivity contribution in [2.45, 2.75) is 39.8 Å². The van der Waals surface area contributed by atoms with Crippen LogP contribution in [0.4, 0.5) is 23.1 Å². The van der Waals surface area contributed by atoms with Crippen LogP contribution in [0, 0.1) is 5.92 Å². The predicted octanol–water partition coefficient (Wildman–Crippen LogP) is 3.82. The molecule has 3 aromatic rings. The van der Waals surface area contributed by atoms with E-state index in [-0.39, 0.29) is 24.6 Å². The fourth-order valence-corrected chi connectivity index (χ4v) is 2.91. The number of imidazole rings is 1. The van der Waals surface area contributed by atoms with Gasteiger partial charge in [-0.05, 0) is 38.0 Å². The number of benzene rings is 1. The van der Waals surface area contributed by atoms with Gasteiger partial charge in [0.05, 0.1) is 29.7 Å². The molecule has 0 aliphatic carbocycles. The number of aromatic nitrogens is 4. The van der Waals surface area contributed by atoms with E-state index in [4.69, 9.17) is 17.3 Å². The van der Waals surface area contributed by atoms with E-state index in [1.165, 1.54) is 0 Å². The van der Waals surface area contributed by atoms with Gasteiger partial charge in [0.2, 0.25) is 5.95 Å². The van der Waals surface area contributed by atoms with E-state index in [9.17, 15) is 5.11 Å². The highest BCUT2D eigenvalue weighted by molar-refractivity contribution is 6.33. The highest BCUT2D eigenvalue weighted by Crippen LogP contribution is 2.29. The van der Waals surface area contributed by atoms with Crippen molar-refractivity contribution in [1.82, 2.24) is 19.5 Å². The number of hydrogen-bond donors (Lipinski definition) is 4. The van der Waals surface area contributed by atoms with Crippen molar-refractivity contribution in [2.24, 2.45) is 5.92 Å². The molecule has 1 aromatic carbocycles. The van der Waals surface area contributed by atoms with Gasteiger partial charge in [-0.1, -0.05) is 25.4 Å².